The average Bonchev–Trinajstić information content (AvgIpc) is 3.18. The minimum absolute atomic E-state index is 0.262. The van der Waals surface area contributed by atoms with E-state index >= 15 is 0 Å². The summed E-state index contributed by atoms with van der Waals surface area (Å²) in [6, 6.07) is 5.35. The number of aromatic nitrogens is 3. The second-order valence-electron chi connectivity index (χ2n) is 5.98. The maximum atomic E-state index is 12.4. The molecule has 0 bridgehead atoms. The molecule has 1 fully saturated rings. The van der Waals surface area contributed by atoms with Gasteiger partial charge in [0.1, 0.15) is 28.7 Å². The van der Waals surface area contributed by atoms with E-state index in [1.807, 2.05) is 13.0 Å². The predicted octanol–water partition coefficient (Wildman–Crippen LogP) is 1.62. The predicted molar refractivity (Wildman–Crippen MR) is 93.4 cm³/mol. The minimum Gasteiger partial charge on any atom is -0.388 e. The molecular formula is C17H17N3O4S. The summed E-state index contributed by atoms with van der Waals surface area (Å²) >= 11 is 1.24. The molecule has 25 heavy (non-hydrogen) atoms. The van der Waals surface area contributed by atoms with Crippen molar-refractivity contribution in [2.24, 2.45) is 0 Å². The molecule has 4 rings (SSSR count). The van der Waals surface area contributed by atoms with Gasteiger partial charge in [-0.1, -0.05) is 13.0 Å². The molecule has 3 aromatic rings. The quantitative estimate of drug-likeness (QED) is 0.656. The van der Waals surface area contributed by atoms with E-state index in [1.165, 1.54) is 11.3 Å². The van der Waals surface area contributed by atoms with Crippen LogP contribution in [0.25, 0.3) is 21.7 Å². The van der Waals surface area contributed by atoms with Crippen LogP contribution in [0.2, 0.25) is 0 Å². The molecule has 0 unspecified atom stereocenters. The minimum atomic E-state index is -1.05. The van der Waals surface area contributed by atoms with Gasteiger partial charge in [0.05, 0.1) is 11.6 Å². The zero-order chi connectivity index (χ0) is 17.6. The van der Waals surface area contributed by atoms with E-state index in [1.54, 1.807) is 23.7 Å². The van der Waals surface area contributed by atoms with Crippen LogP contribution < -0.4 is 5.56 Å². The van der Waals surface area contributed by atoms with Crippen molar-refractivity contribution in [3.63, 3.8) is 0 Å². The molecule has 8 heteroatoms. The summed E-state index contributed by atoms with van der Waals surface area (Å²) in [5.74, 6) is 0.359. The number of hydrogen-bond donors (Lipinski definition) is 3. The number of nitrogens with one attached hydrogen (secondary N) is 1. The Morgan fingerprint density at radius 1 is 1.32 bits per heavy atom. The molecule has 0 aliphatic carbocycles. The van der Waals surface area contributed by atoms with E-state index < -0.39 is 24.4 Å². The number of aliphatic hydroxyl groups is 2. The Hall–Kier alpha value is -2.13. The molecule has 1 aliphatic heterocycles. The largest absolute Gasteiger partial charge is 0.388 e. The first-order valence-corrected chi connectivity index (χ1v) is 8.92. The van der Waals surface area contributed by atoms with Crippen molar-refractivity contribution >= 4 is 21.6 Å². The van der Waals surface area contributed by atoms with E-state index in [0.29, 0.717) is 33.7 Å². The monoisotopic (exact) mass is 359 g/mol. The van der Waals surface area contributed by atoms with Gasteiger partial charge in [0, 0.05) is 11.8 Å². The van der Waals surface area contributed by atoms with Gasteiger partial charge in [-0.2, -0.15) is 0 Å². The van der Waals surface area contributed by atoms with Gasteiger partial charge in [0.2, 0.25) is 0 Å². The Morgan fingerprint density at radius 2 is 2.16 bits per heavy atom. The summed E-state index contributed by atoms with van der Waals surface area (Å²) in [4.78, 5) is 23.9. The Kier molecular flexibility index (Phi) is 4.12. The third kappa shape index (κ3) is 2.67. The summed E-state index contributed by atoms with van der Waals surface area (Å²) in [5, 5.41) is 22.2. The van der Waals surface area contributed by atoms with Gasteiger partial charge in [-0.05, 0) is 23.9 Å². The topological polar surface area (TPSA) is 108 Å². The molecule has 3 aromatic heterocycles. The normalized spacial score (nSPS) is 26.4. The fourth-order valence-electron chi connectivity index (χ4n) is 3.11. The summed E-state index contributed by atoms with van der Waals surface area (Å²) in [6.07, 6.45) is -0.944. The zero-order valence-electron chi connectivity index (χ0n) is 13.4. The smallest absolute Gasteiger partial charge is 0.269 e. The fraction of sp³-hybridized carbons (Fsp3) is 0.353. The summed E-state index contributed by atoms with van der Waals surface area (Å²) < 4.78 is 6.27. The highest BCUT2D eigenvalue weighted by Crippen LogP contribution is 2.39. The SMILES string of the molecule is CC[C@H]1O[C@@H](c2csc3c(=O)[nH]c(-c4ccccn4)nc23)[C@H](O)[C@@H]1O. The highest BCUT2D eigenvalue weighted by atomic mass is 32.1. The number of hydrogen-bond acceptors (Lipinski definition) is 7. The Labute approximate surface area is 147 Å². The third-order valence-corrected chi connectivity index (χ3v) is 5.42. The first-order valence-electron chi connectivity index (χ1n) is 8.04. The number of rotatable bonds is 3. The van der Waals surface area contributed by atoms with E-state index in [-0.39, 0.29) is 5.56 Å². The Morgan fingerprint density at radius 3 is 2.84 bits per heavy atom. The number of ether oxygens (including phenoxy) is 1. The lowest BCUT2D eigenvalue weighted by Crippen LogP contribution is -2.29. The number of H-pyrrole nitrogens is 1. The van der Waals surface area contributed by atoms with Crippen molar-refractivity contribution < 1.29 is 14.9 Å². The second kappa shape index (κ2) is 6.30. The van der Waals surface area contributed by atoms with E-state index in [9.17, 15) is 15.0 Å². The van der Waals surface area contributed by atoms with Crippen molar-refractivity contribution in [1.82, 2.24) is 15.0 Å². The molecule has 0 aromatic carbocycles. The van der Waals surface area contributed by atoms with Gasteiger partial charge < -0.3 is 19.9 Å². The molecule has 0 amide bonds. The standard InChI is InChI=1S/C17H17N3O4S/c1-2-10-12(21)13(22)14(24-10)8-7-25-15-11(8)19-16(20-17(15)23)9-5-3-4-6-18-9/h3-7,10,12-14,21-22H,2H2,1H3,(H,19,20,23)/t10-,12-,13-,14+/m1/s1. The van der Waals surface area contributed by atoms with Gasteiger partial charge in [-0.15, -0.1) is 11.3 Å². The highest BCUT2D eigenvalue weighted by Gasteiger charge is 2.43. The second-order valence-corrected chi connectivity index (χ2v) is 6.86. The van der Waals surface area contributed by atoms with Crippen molar-refractivity contribution in [2.45, 2.75) is 37.8 Å². The number of pyridine rings is 1. The molecular weight excluding hydrogens is 342 g/mol. The van der Waals surface area contributed by atoms with Crippen LogP contribution >= 0.6 is 11.3 Å². The van der Waals surface area contributed by atoms with E-state index in [2.05, 4.69) is 15.0 Å². The van der Waals surface area contributed by atoms with Crippen molar-refractivity contribution in [3.8, 4) is 11.5 Å². The van der Waals surface area contributed by atoms with Crippen LogP contribution in [0, 0.1) is 0 Å². The number of nitrogens with zero attached hydrogens (tertiary/aromatic N) is 2. The molecule has 0 saturated carbocycles. The number of aromatic amines is 1. The molecule has 3 N–H and O–H groups in total. The van der Waals surface area contributed by atoms with Crippen LogP contribution in [0.1, 0.15) is 25.0 Å². The average molecular weight is 359 g/mol. The van der Waals surface area contributed by atoms with Gasteiger partial charge >= 0.3 is 0 Å². The highest BCUT2D eigenvalue weighted by molar-refractivity contribution is 7.17. The summed E-state index contributed by atoms with van der Waals surface area (Å²) in [6.45, 7) is 1.89. The van der Waals surface area contributed by atoms with E-state index in [4.69, 9.17) is 4.74 Å². The van der Waals surface area contributed by atoms with Crippen molar-refractivity contribution in [3.05, 3.63) is 45.7 Å². The maximum absolute atomic E-state index is 12.4. The van der Waals surface area contributed by atoms with Gasteiger partial charge in [-0.25, -0.2) is 4.98 Å². The molecule has 1 aliphatic rings. The van der Waals surface area contributed by atoms with Crippen molar-refractivity contribution in [2.75, 3.05) is 0 Å². The molecule has 4 heterocycles. The Balaban J connectivity index is 1.84. The third-order valence-electron chi connectivity index (χ3n) is 4.43. The van der Waals surface area contributed by atoms with Gasteiger partial charge in [0.25, 0.3) is 5.56 Å². The lowest BCUT2D eigenvalue weighted by Gasteiger charge is -2.13. The molecule has 7 nitrogen and oxygen atoms in total. The van der Waals surface area contributed by atoms with Crippen LogP contribution in [0.15, 0.2) is 34.6 Å². The number of aliphatic hydroxyl groups excluding tert-OH is 2. The fourth-order valence-corrected chi connectivity index (χ4v) is 4.04. The number of thiophene rings is 1. The molecule has 0 spiro atoms. The lowest BCUT2D eigenvalue weighted by molar-refractivity contribution is 0.00635. The Bertz CT molecular complexity index is 955. The maximum Gasteiger partial charge on any atom is 0.269 e. The molecule has 130 valence electrons. The first kappa shape index (κ1) is 16.3. The van der Waals surface area contributed by atoms with E-state index in [0.717, 1.165) is 0 Å². The van der Waals surface area contributed by atoms with Gasteiger partial charge in [0.15, 0.2) is 5.82 Å². The van der Waals surface area contributed by atoms with Crippen LogP contribution in [0.3, 0.4) is 0 Å². The first-order chi connectivity index (χ1) is 12.1. The summed E-state index contributed by atoms with van der Waals surface area (Å²) in [7, 11) is 0. The van der Waals surface area contributed by atoms with Crippen molar-refractivity contribution in [1.29, 1.82) is 0 Å². The van der Waals surface area contributed by atoms with Crippen LogP contribution in [-0.2, 0) is 4.74 Å². The number of fused-ring (bicyclic) bond motifs is 1. The molecule has 0 radical (unpaired) electrons. The van der Waals surface area contributed by atoms with Gasteiger partial charge in [-0.3, -0.25) is 9.78 Å². The lowest BCUT2D eigenvalue weighted by atomic mass is 10.0. The molecule has 1 saturated heterocycles. The van der Waals surface area contributed by atoms with Crippen LogP contribution in [0.5, 0.6) is 0 Å². The van der Waals surface area contributed by atoms with Crippen LogP contribution in [0.4, 0.5) is 0 Å². The summed E-state index contributed by atoms with van der Waals surface area (Å²) in [5.41, 5.74) is 1.38. The molecule has 4 atom stereocenters. The zero-order valence-corrected chi connectivity index (χ0v) is 14.2. The van der Waals surface area contributed by atoms with Crippen LogP contribution in [-0.4, -0.2) is 43.5 Å².